The number of nitrogens with one attached hydrogen (secondary N) is 1. The number of piperazine rings is 1. The van der Waals surface area contributed by atoms with Crippen molar-refractivity contribution in [1.82, 2.24) is 4.90 Å². The van der Waals surface area contributed by atoms with E-state index in [0.717, 1.165) is 54.6 Å². The summed E-state index contributed by atoms with van der Waals surface area (Å²) in [6, 6.07) is 13.6. The molecule has 1 saturated heterocycles. The number of ether oxygens (including phenoxy) is 1. The lowest BCUT2D eigenvalue weighted by molar-refractivity contribution is -0.116. The summed E-state index contributed by atoms with van der Waals surface area (Å²) in [6.45, 7) is 4.37. The number of aryl methyl sites for hydroxylation is 1. The van der Waals surface area contributed by atoms with Crippen molar-refractivity contribution in [2.75, 3.05) is 49.5 Å². The van der Waals surface area contributed by atoms with Gasteiger partial charge in [0.25, 0.3) is 0 Å². The van der Waals surface area contributed by atoms with Gasteiger partial charge in [-0.15, -0.1) is 0 Å². The summed E-state index contributed by atoms with van der Waals surface area (Å²) >= 11 is 6.09. The molecule has 0 aromatic heterocycles. The molecule has 2 aliphatic rings. The molecule has 2 aliphatic heterocycles. The highest BCUT2D eigenvalue weighted by Gasteiger charge is 2.20. The molecule has 2 aromatic rings. The molecule has 1 unspecified atom stereocenters. The maximum Gasteiger partial charge on any atom is 0.224 e. The van der Waals surface area contributed by atoms with Gasteiger partial charge in [0.2, 0.25) is 5.91 Å². The zero-order valence-corrected chi connectivity index (χ0v) is 17.1. The van der Waals surface area contributed by atoms with Gasteiger partial charge >= 0.3 is 0 Å². The van der Waals surface area contributed by atoms with Crippen LogP contribution in [0, 0.1) is 0 Å². The smallest absolute Gasteiger partial charge is 0.224 e. The first-order valence-corrected chi connectivity index (χ1v) is 10.4. The molecule has 0 bridgehead atoms. The SMILES string of the molecule is O=C1CCc2ccc(OCC(O)CN3CCN(c4cccc(Cl)c4)CC3)cc2N1. The molecule has 6 nitrogen and oxygen atoms in total. The van der Waals surface area contributed by atoms with Gasteiger partial charge in [-0.05, 0) is 36.2 Å². The summed E-state index contributed by atoms with van der Waals surface area (Å²) in [5, 5.41) is 14.0. The van der Waals surface area contributed by atoms with E-state index >= 15 is 0 Å². The number of fused-ring (bicyclic) bond motifs is 1. The number of benzene rings is 2. The van der Waals surface area contributed by atoms with Crippen LogP contribution in [-0.2, 0) is 11.2 Å². The van der Waals surface area contributed by atoms with Gasteiger partial charge in [-0.3, -0.25) is 9.69 Å². The number of aliphatic hydroxyl groups excluding tert-OH is 1. The molecule has 0 aliphatic carbocycles. The molecule has 2 N–H and O–H groups in total. The Morgan fingerprint density at radius 1 is 1.10 bits per heavy atom. The standard InChI is InChI=1S/C22H26ClN3O3/c23-17-2-1-3-18(12-17)26-10-8-25(9-11-26)14-19(27)15-29-20-6-4-16-5-7-22(28)24-21(16)13-20/h1-4,6,12-13,19,27H,5,7-11,14-15H2,(H,24,28). The van der Waals surface area contributed by atoms with Crippen LogP contribution < -0.4 is 15.0 Å². The second-order valence-corrected chi connectivity index (χ2v) is 8.04. The van der Waals surface area contributed by atoms with Crippen LogP contribution in [0.1, 0.15) is 12.0 Å². The number of amides is 1. The third-order valence-electron chi connectivity index (χ3n) is 5.43. The van der Waals surface area contributed by atoms with Gasteiger partial charge in [0.15, 0.2) is 0 Å². The number of anilines is 2. The first-order valence-electron chi connectivity index (χ1n) is 10.0. The molecule has 7 heteroatoms. The summed E-state index contributed by atoms with van der Waals surface area (Å²) in [5.74, 6) is 0.697. The van der Waals surface area contributed by atoms with Gasteiger partial charge < -0.3 is 20.1 Å². The lowest BCUT2D eigenvalue weighted by Crippen LogP contribution is -2.49. The number of nitrogens with zero attached hydrogens (tertiary/aromatic N) is 2. The molecule has 0 saturated carbocycles. The lowest BCUT2D eigenvalue weighted by atomic mass is 10.0. The second-order valence-electron chi connectivity index (χ2n) is 7.60. The van der Waals surface area contributed by atoms with Crippen molar-refractivity contribution in [2.45, 2.75) is 18.9 Å². The van der Waals surface area contributed by atoms with Crippen molar-refractivity contribution < 1.29 is 14.6 Å². The third-order valence-corrected chi connectivity index (χ3v) is 5.67. The monoisotopic (exact) mass is 415 g/mol. The van der Waals surface area contributed by atoms with Crippen molar-refractivity contribution in [2.24, 2.45) is 0 Å². The van der Waals surface area contributed by atoms with Gasteiger partial charge in [0.05, 0.1) is 0 Å². The quantitative estimate of drug-likeness (QED) is 0.759. The predicted octanol–water partition coefficient (Wildman–Crippen LogP) is 2.79. The van der Waals surface area contributed by atoms with Crippen LogP contribution in [0.2, 0.25) is 5.02 Å². The summed E-state index contributed by atoms with van der Waals surface area (Å²) in [4.78, 5) is 16.1. The van der Waals surface area contributed by atoms with E-state index in [-0.39, 0.29) is 12.5 Å². The van der Waals surface area contributed by atoms with Crippen molar-refractivity contribution >= 4 is 28.9 Å². The Kier molecular flexibility index (Phi) is 6.23. The Balaban J connectivity index is 1.23. The van der Waals surface area contributed by atoms with E-state index in [1.165, 1.54) is 0 Å². The molecule has 2 heterocycles. The second kappa shape index (κ2) is 9.03. The predicted molar refractivity (Wildman–Crippen MR) is 115 cm³/mol. The first-order chi connectivity index (χ1) is 14.1. The first kappa shape index (κ1) is 20.0. The minimum Gasteiger partial charge on any atom is -0.491 e. The molecule has 0 radical (unpaired) electrons. The molecule has 1 atom stereocenters. The molecule has 1 amide bonds. The number of carbonyl (C=O) groups is 1. The topological polar surface area (TPSA) is 65.0 Å². The van der Waals surface area contributed by atoms with Crippen molar-refractivity contribution in [3.05, 3.63) is 53.1 Å². The van der Waals surface area contributed by atoms with Crippen molar-refractivity contribution in [1.29, 1.82) is 0 Å². The van der Waals surface area contributed by atoms with Crippen LogP contribution in [0.3, 0.4) is 0 Å². The highest BCUT2D eigenvalue weighted by Crippen LogP contribution is 2.27. The van der Waals surface area contributed by atoms with Crippen LogP contribution in [0.4, 0.5) is 11.4 Å². The number of β-amino-alcohol motifs (C(OH)–C–C–N with tert-alkyl or cyclic N) is 1. The molecule has 4 rings (SSSR count). The average Bonchev–Trinajstić information content (AvgIpc) is 2.72. The highest BCUT2D eigenvalue weighted by atomic mass is 35.5. The number of halogens is 1. The lowest BCUT2D eigenvalue weighted by Gasteiger charge is -2.36. The molecule has 2 aromatic carbocycles. The number of rotatable bonds is 6. The minimum atomic E-state index is -0.571. The zero-order chi connectivity index (χ0) is 20.2. The van der Waals surface area contributed by atoms with Gasteiger partial charge in [-0.1, -0.05) is 23.7 Å². The fourth-order valence-corrected chi connectivity index (χ4v) is 4.03. The van der Waals surface area contributed by atoms with Gasteiger partial charge in [-0.2, -0.15) is 0 Å². The van der Waals surface area contributed by atoms with Crippen LogP contribution in [0.25, 0.3) is 0 Å². The van der Waals surface area contributed by atoms with E-state index in [1.54, 1.807) is 0 Å². The number of hydrogen-bond acceptors (Lipinski definition) is 5. The molecule has 1 fully saturated rings. The van der Waals surface area contributed by atoms with E-state index in [4.69, 9.17) is 16.3 Å². The third kappa shape index (κ3) is 5.21. The maximum atomic E-state index is 11.5. The van der Waals surface area contributed by atoms with E-state index < -0.39 is 6.10 Å². The minimum absolute atomic E-state index is 0.0339. The van der Waals surface area contributed by atoms with Crippen LogP contribution in [0.15, 0.2) is 42.5 Å². The average molecular weight is 416 g/mol. The Bertz CT molecular complexity index is 868. The van der Waals surface area contributed by atoms with Crippen LogP contribution >= 0.6 is 11.6 Å². The maximum absolute atomic E-state index is 11.5. The number of carbonyl (C=O) groups excluding carboxylic acids is 1. The van der Waals surface area contributed by atoms with E-state index in [2.05, 4.69) is 21.2 Å². The summed E-state index contributed by atoms with van der Waals surface area (Å²) in [6.07, 6.45) is 0.709. The summed E-state index contributed by atoms with van der Waals surface area (Å²) in [7, 11) is 0. The molecular formula is C22H26ClN3O3. The van der Waals surface area contributed by atoms with E-state index in [0.29, 0.717) is 18.7 Å². The Morgan fingerprint density at radius 2 is 1.93 bits per heavy atom. The van der Waals surface area contributed by atoms with E-state index in [1.807, 2.05) is 36.4 Å². The number of aliphatic hydroxyl groups is 1. The highest BCUT2D eigenvalue weighted by molar-refractivity contribution is 6.30. The summed E-state index contributed by atoms with van der Waals surface area (Å²) < 4.78 is 5.76. The zero-order valence-electron chi connectivity index (χ0n) is 16.3. The Morgan fingerprint density at radius 3 is 2.72 bits per heavy atom. The normalized spacial score (nSPS) is 18.1. The Hall–Kier alpha value is -2.28. The molecular weight excluding hydrogens is 390 g/mol. The van der Waals surface area contributed by atoms with Crippen LogP contribution in [0.5, 0.6) is 5.75 Å². The number of hydrogen-bond donors (Lipinski definition) is 2. The van der Waals surface area contributed by atoms with Gasteiger partial charge in [-0.25, -0.2) is 0 Å². The molecule has 154 valence electrons. The van der Waals surface area contributed by atoms with E-state index in [9.17, 15) is 9.90 Å². The van der Waals surface area contributed by atoms with Crippen molar-refractivity contribution in [3.8, 4) is 5.75 Å². The fraction of sp³-hybridized carbons (Fsp3) is 0.409. The largest absolute Gasteiger partial charge is 0.491 e. The Labute approximate surface area is 176 Å². The van der Waals surface area contributed by atoms with Crippen LogP contribution in [-0.4, -0.2) is 61.3 Å². The molecule has 29 heavy (non-hydrogen) atoms. The van der Waals surface area contributed by atoms with Crippen molar-refractivity contribution in [3.63, 3.8) is 0 Å². The molecule has 0 spiro atoms. The van der Waals surface area contributed by atoms with Gasteiger partial charge in [0, 0.05) is 61.6 Å². The van der Waals surface area contributed by atoms with Gasteiger partial charge in [0.1, 0.15) is 18.5 Å². The fourth-order valence-electron chi connectivity index (χ4n) is 3.85. The summed E-state index contributed by atoms with van der Waals surface area (Å²) in [5.41, 5.74) is 3.07.